The van der Waals surface area contributed by atoms with Crippen LogP contribution in [-0.2, 0) is 23.7 Å². The van der Waals surface area contributed by atoms with Gasteiger partial charge in [-0.25, -0.2) is 24.0 Å². The van der Waals surface area contributed by atoms with Gasteiger partial charge in [0.25, 0.3) is 0 Å². The van der Waals surface area contributed by atoms with E-state index in [4.69, 9.17) is 23.7 Å². The average Bonchev–Trinajstić information content (AvgIpc) is 0.905. The van der Waals surface area contributed by atoms with Gasteiger partial charge in [-0.05, 0) is 174 Å². The molecule has 0 spiro atoms. The normalized spacial score (nSPS) is 11.0. The van der Waals surface area contributed by atoms with Crippen LogP contribution in [0.3, 0.4) is 0 Å². The van der Waals surface area contributed by atoms with E-state index in [9.17, 15) is 24.0 Å². The molecule has 0 bridgehead atoms. The summed E-state index contributed by atoms with van der Waals surface area (Å²) in [6.45, 7) is 47.0. The number of rotatable bonds is 39. The Morgan fingerprint density at radius 3 is 0.596 bits per heavy atom. The number of carbonyl (C=O) groups excluding carboxylic acids is 5. The fourth-order valence-electron chi connectivity index (χ4n) is 11.5. The molecule has 20 heteroatoms. The largest absolute Gasteiger partial charge is 0.456 e. The van der Waals surface area contributed by atoms with Crippen LogP contribution in [0.25, 0.3) is 0 Å². The number of halogens is 2. The van der Waals surface area contributed by atoms with Crippen molar-refractivity contribution < 1.29 is 70.1 Å². The van der Waals surface area contributed by atoms with Gasteiger partial charge in [0.1, 0.15) is 65.8 Å². The molecule has 0 saturated heterocycles. The Bertz CT molecular complexity index is 2660. The first kappa shape index (κ1) is 107. The van der Waals surface area contributed by atoms with Crippen molar-refractivity contribution in [3.8, 4) is 0 Å². The number of ether oxygens (including phenoxy) is 5. The molecule has 0 heterocycles. The Balaban J connectivity index is -0.000000382. The van der Waals surface area contributed by atoms with Crippen molar-refractivity contribution in [2.75, 3.05) is 198 Å². The molecule has 6 N–H and O–H groups in total. The summed E-state index contributed by atoms with van der Waals surface area (Å²) in [6, 6.07) is 45.8. The highest BCUT2D eigenvalue weighted by Crippen LogP contribution is 2.15. The molecule has 0 saturated carbocycles. The molecule has 0 amide bonds. The third-order valence-corrected chi connectivity index (χ3v) is 17.7. The zero-order valence-electron chi connectivity index (χ0n) is 68.7. The lowest BCUT2D eigenvalue weighted by Crippen LogP contribution is -2.51. The van der Waals surface area contributed by atoms with Gasteiger partial charge < -0.3 is 63.3 Å². The number of quaternary nitrogens is 5. The lowest BCUT2D eigenvalue weighted by atomic mass is 10.2. The third kappa shape index (κ3) is 49.8. The molecule has 0 aromatic heterocycles. The summed E-state index contributed by atoms with van der Waals surface area (Å²) >= 11 is 5.88. The maximum absolute atomic E-state index is 12.0. The van der Waals surface area contributed by atoms with Crippen LogP contribution in [0.15, 0.2) is 152 Å². The summed E-state index contributed by atoms with van der Waals surface area (Å²) in [5.41, 5.74) is 16.6. The SMILES string of the molecule is CBr.CBr.CCCC[N+](CC)(CCC)CCOC(=O)c1ccccc1.CCC[N+](CC)(CCC)CCOC(=O)c1ccccc1.CCC[N+](CC)(CCC)CCOC(=O)c1ccccc1.CC[N+](CC)(CC)CCOC(=O)c1ccccc1.CN.CN.CN.C[N+](C)(C)CCOC(=O)c1ccccc1. The van der Waals surface area contributed by atoms with E-state index in [1.54, 1.807) is 60.7 Å². The standard InChI is InChI=1S/C18H30NO2.2C17H28NO2.C15H24NO2.C12H18NO2.2CH3Br.3CH5N/c1-4-7-14-19(6-3,13-5-2)15-16-21-18(20)17-11-9-8-10-12-17;2*1-4-12-18(6-3,13-5-2)14-15-20-17(19)16-10-8-7-9-11-16;1-4-16(5-2,6-3)12-13-18-15(17)14-10-8-7-9-11-14;1-13(2,3)9-10-15-12(14)11-7-5-4-6-8-11;5*1-2/h8-12H,4-7,13-16H2,1-3H3;2*7-11H,4-6,12-15H2,1-3H3;7-11H,4-6,12-13H2,1-3H3;4-8H,9-10H2,1-3H3;2*1H3;3*2H2,1H3/q5*+1;;;;;. The lowest BCUT2D eigenvalue weighted by Gasteiger charge is -2.37. The number of nitrogens with zero attached hydrogens (tertiary/aromatic N) is 5. The van der Waals surface area contributed by atoms with Gasteiger partial charge >= 0.3 is 29.8 Å². The van der Waals surface area contributed by atoms with Gasteiger partial charge in [-0.3, -0.25) is 0 Å². The summed E-state index contributed by atoms with van der Waals surface area (Å²) in [7, 11) is 10.7. The molecular weight excluding hydrogens is 1440 g/mol. The molecule has 5 aromatic rings. The summed E-state index contributed by atoms with van der Waals surface area (Å²) in [6.07, 6.45) is 8.29. The smallest absolute Gasteiger partial charge is 0.338 e. The van der Waals surface area contributed by atoms with E-state index in [0.717, 1.165) is 121 Å². The number of carbonyl (C=O) groups is 5. The topological polar surface area (TPSA) is 210 Å². The number of hydrogen-bond donors (Lipinski definition) is 3. The summed E-state index contributed by atoms with van der Waals surface area (Å²) in [5.74, 6) is 2.51. The molecular formula is C84H149Br2N8O10+5. The quantitative estimate of drug-likeness (QED) is 0.0145. The van der Waals surface area contributed by atoms with Gasteiger partial charge in [0.15, 0.2) is 0 Å². The maximum atomic E-state index is 12.0. The third-order valence-electron chi connectivity index (χ3n) is 17.7. The highest BCUT2D eigenvalue weighted by Gasteiger charge is 2.27. The second-order valence-electron chi connectivity index (χ2n) is 25.4. The van der Waals surface area contributed by atoms with Crippen molar-refractivity contribution in [2.24, 2.45) is 17.2 Å². The second-order valence-corrected chi connectivity index (χ2v) is 25.4. The fraction of sp³-hybridized carbons (Fsp3) is 0.583. The molecule has 1 unspecified atom stereocenters. The highest BCUT2D eigenvalue weighted by molar-refractivity contribution is 9.09. The molecule has 5 rings (SSSR count). The highest BCUT2D eigenvalue weighted by atomic mass is 79.9. The van der Waals surface area contributed by atoms with Crippen LogP contribution in [0, 0.1) is 0 Å². The molecule has 0 aliphatic heterocycles. The van der Waals surface area contributed by atoms with Crippen LogP contribution >= 0.6 is 31.9 Å². The van der Waals surface area contributed by atoms with E-state index in [1.165, 1.54) is 79.2 Å². The Hall–Kier alpha value is -5.91. The summed E-state index contributed by atoms with van der Waals surface area (Å²) in [4.78, 5) is 59.0. The van der Waals surface area contributed by atoms with Crippen molar-refractivity contribution in [3.63, 3.8) is 0 Å². The minimum absolute atomic E-state index is 0.211. The van der Waals surface area contributed by atoms with E-state index < -0.39 is 0 Å². The molecule has 18 nitrogen and oxygen atoms in total. The van der Waals surface area contributed by atoms with Gasteiger partial charge in [-0.2, -0.15) is 0 Å². The molecule has 0 fully saturated rings. The number of likely N-dealkylation sites (N-methyl/N-ethyl adjacent to an activating group) is 5. The lowest BCUT2D eigenvalue weighted by molar-refractivity contribution is -0.926. The van der Waals surface area contributed by atoms with Crippen molar-refractivity contribution >= 4 is 61.7 Å². The first-order valence-corrected chi connectivity index (χ1v) is 41.2. The number of nitrogens with two attached hydrogens (primary N) is 3. The minimum atomic E-state index is -0.246. The maximum Gasteiger partial charge on any atom is 0.338 e. The van der Waals surface area contributed by atoms with Gasteiger partial charge in [-0.15, -0.1) is 0 Å². The molecule has 0 radical (unpaired) electrons. The fourth-order valence-corrected chi connectivity index (χ4v) is 11.5. The van der Waals surface area contributed by atoms with Gasteiger partial charge in [-0.1, -0.05) is 171 Å². The van der Waals surface area contributed by atoms with E-state index >= 15 is 0 Å². The van der Waals surface area contributed by atoms with Crippen LogP contribution < -0.4 is 17.2 Å². The first-order chi connectivity index (χ1) is 50.2. The molecule has 104 heavy (non-hydrogen) atoms. The monoisotopic (exact) mass is 1590 g/mol. The minimum Gasteiger partial charge on any atom is -0.456 e. The van der Waals surface area contributed by atoms with Crippen LogP contribution in [0.5, 0.6) is 0 Å². The van der Waals surface area contributed by atoms with E-state index in [-0.39, 0.29) is 29.8 Å². The summed E-state index contributed by atoms with van der Waals surface area (Å²) < 4.78 is 31.7. The Morgan fingerprint density at radius 2 is 0.433 bits per heavy atom. The molecule has 0 aliphatic carbocycles. The van der Waals surface area contributed by atoms with Gasteiger partial charge in [0, 0.05) is 0 Å². The Morgan fingerprint density at radius 1 is 0.260 bits per heavy atom. The average molecular weight is 1590 g/mol. The summed E-state index contributed by atoms with van der Waals surface area (Å²) in [5, 5.41) is 0. The molecule has 0 aliphatic rings. The number of esters is 5. The number of hydrogen-bond acceptors (Lipinski definition) is 13. The van der Waals surface area contributed by atoms with Crippen molar-refractivity contribution in [1.82, 2.24) is 0 Å². The van der Waals surface area contributed by atoms with Gasteiger partial charge in [0.05, 0.1) is 127 Å². The van der Waals surface area contributed by atoms with Crippen molar-refractivity contribution in [3.05, 3.63) is 179 Å². The van der Waals surface area contributed by atoms with Gasteiger partial charge in [0.2, 0.25) is 0 Å². The molecule has 5 aromatic carbocycles. The Kier molecular flexibility index (Phi) is 71.9. The van der Waals surface area contributed by atoms with E-state index in [0.29, 0.717) is 60.9 Å². The van der Waals surface area contributed by atoms with E-state index in [1.807, 2.05) is 103 Å². The molecule has 594 valence electrons. The van der Waals surface area contributed by atoms with E-state index in [2.05, 4.69) is 153 Å². The van der Waals surface area contributed by atoms with Crippen LogP contribution in [0.2, 0.25) is 0 Å². The molecule has 1 atom stereocenters. The first-order valence-electron chi connectivity index (χ1n) is 38.0. The Labute approximate surface area is 650 Å². The number of benzene rings is 5. The second kappa shape index (κ2) is 70.1. The van der Waals surface area contributed by atoms with Crippen LogP contribution in [0.1, 0.15) is 180 Å². The van der Waals surface area contributed by atoms with Crippen molar-refractivity contribution in [1.29, 1.82) is 0 Å². The zero-order chi connectivity index (χ0) is 80.0. The number of unbranched alkanes of at least 4 members (excludes halogenated alkanes) is 1. The number of alkyl halides is 2. The predicted octanol–water partition coefficient (Wildman–Crippen LogP) is 15.9. The predicted molar refractivity (Wildman–Crippen MR) is 446 cm³/mol. The zero-order valence-corrected chi connectivity index (χ0v) is 71.9. The van der Waals surface area contributed by atoms with Crippen LogP contribution in [0.4, 0.5) is 0 Å². The van der Waals surface area contributed by atoms with Crippen molar-refractivity contribution in [2.45, 2.75) is 128 Å². The van der Waals surface area contributed by atoms with Crippen LogP contribution in [-0.4, -0.2) is 251 Å².